The van der Waals surface area contributed by atoms with Crippen LogP contribution in [0.2, 0.25) is 0 Å². The zero-order valence-electron chi connectivity index (χ0n) is 8.55. The van der Waals surface area contributed by atoms with Crippen LogP contribution < -0.4 is 0 Å². The average Bonchev–Trinajstić information content (AvgIpc) is 2.19. The van der Waals surface area contributed by atoms with Crippen molar-refractivity contribution in [2.24, 2.45) is 5.92 Å². The van der Waals surface area contributed by atoms with Gasteiger partial charge in [0.15, 0.2) is 0 Å². The molecule has 1 rings (SSSR count). The minimum absolute atomic E-state index is 0.704. The highest BCUT2D eigenvalue weighted by atomic mass is 14.3. The lowest BCUT2D eigenvalue weighted by molar-refractivity contribution is 0.418. The van der Waals surface area contributed by atoms with Crippen molar-refractivity contribution in [2.45, 2.75) is 51.9 Å². The number of rotatable bonds is 3. The van der Waals surface area contributed by atoms with Crippen molar-refractivity contribution >= 4 is 0 Å². The summed E-state index contributed by atoms with van der Waals surface area (Å²) in [6.45, 7) is 2.13. The molecule has 0 N–H and O–H groups in total. The monoisotopic (exact) mass is 177 g/mol. The second kappa shape index (κ2) is 5.80. The van der Waals surface area contributed by atoms with Crippen LogP contribution in [0.5, 0.6) is 0 Å². The molecule has 0 aliphatic heterocycles. The van der Waals surface area contributed by atoms with Crippen LogP contribution in [0.15, 0.2) is 11.6 Å². The van der Waals surface area contributed by atoms with Gasteiger partial charge in [-0.05, 0) is 25.2 Å². The van der Waals surface area contributed by atoms with Gasteiger partial charge in [-0.1, -0.05) is 38.7 Å². The van der Waals surface area contributed by atoms with Crippen LogP contribution in [-0.4, -0.2) is 0 Å². The Kier molecular flexibility index (Phi) is 4.60. The van der Waals surface area contributed by atoms with Gasteiger partial charge in [0.2, 0.25) is 0 Å². The molecule has 1 nitrogen and oxygen atoms in total. The molecule has 13 heavy (non-hydrogen) atoms. The Morgan fingerprint density at radius 2 is 2.08 bits per heavy atom. The summed E-state index contributed by atoms with van der Waals surface area (Å²) in [5, 5.41) is 8.87. The third kappa shape index (κ3) is 3.63. The summed E-state index contributed by atoms with van der Waals surface area (Å²) in [5.74, 6) is 0.704. The first kappa shape index (κ1) is 10.3. The van der Waals surface area contributed by atoms with E-state index in [2.05, 4.69) is 19.1 Å². The number of nitriles is 1. The molecule has 0 unspecified atom stereocenters. The Morgan fingerprint density at radius 1 is 1.38 bits per heavy atom. The average molecular weight is 177 g/mol. The van der Waals surface area contributed by atoms with Gasteiger partial charge in [0.05, 0.1) is 6.07 Å². The van der Waals surface area contributed by atoms with Crippen molar-refractivity contribution in [1.82, 2.24) is 0 Å². The summed E-state index contributed by atoms with van der Waals surface area (Å²) >= 11 is 0. The molecule has 0 spiro atoms. The van der Waals surface area contributed by atoms with Gasteiger partial charge >= 0.3 is 0 Å². The van der Waals surface area contributed by atoms with Gasteiger partial charge in [-0.15, -0.1) is 0 Å². The molecule has 0 aromatic carbocycles. The minimum atomic E-state index is 0.704. The van der Waals surface area contributed by atoms with Gasteiger partial charge in [0, 0.05) is 5.57 Å². The predicted octanol–water partition coefficient (Wildman–Crippen LogP) is 3.82. The molecule has 0 heterocycles. The number of hydrogen-bond acceptors (Lipinski definition) is 1. The molecule has 1 aliphatic rings. The Hall–Kier alpha value is -0.770. The SMILES string of the molecule is CCC/C(C#N)=C\C1CCCCC1. The van der Waals surface area contributed by atoms with Crippen LogP contribution in [0.1, 0.15) is 51.9 Å². The molecule has 1 saturated carbocycles. The van der Waals surface area contributed by atoms with E-state index in [1.807, 2.05) is 0 Å². The maximum Gasteiger partial charge on any atom is 0.0943 e. The van der Waals surface area contributed by atoms with E-state index in [4.69, 9.17) is 5.26 Å². The Bertz CT molecular complexity index is 204. The lowest BCUT2D eigenvalue weighted by Crippen LogP contribution is -2.03. The maximum atomic E-state index is 8.87. The standard InChI is InChI=1S/C12H19N/c1-2-6-12(10-13)9-11-7-4-3-5-8-11/h9,11H,2-8H2,1H3/b12-9+. The molecule has 0 radical (unpaired) electrons. The predicted molar refractivity (Wildman–Crippen MR) is 55.2 cm³/mol. The summed E-state index contributed by atoms with van der Waals surface area (Å²) in [7, 11) is 0. The van der Waals surface area contributed by atoms with Gasteiger partial charge in [0.25, 0.3) is 0 Å². The van der Waals surface area contributed by atoms with E-state index in [1.54, 1.807) is 0 Å². The van der Waals surface area contributed by atoms with Gasteiger partial charge in [-0.2, -0.15) is 5.26 Å². The Morgan fingerprint density at radius 3 is 2.62 bits per heavy atom. The van der Waals surface area contributed by atoms with Crippen molar-refractivity contribution in [1.29, 1.82) is 5.26 Å². The molecule has 1 heteroatoms. The highest BCUT2D eigenvalue weighted by Gasteiger charge is 2.11. The van der Waals surface area contributed by atoms with Crippen molar-refractivity contribution in [3.05, 3.63) is 11.6 Å². The molecule has 0 bridgehead atoms. The van der Waals surface area contributed by atoms with Crippen LogP contribution in [0.4, 0.5) is 0 Å². The number of nitrogens with zero attached hydrogens (tertiary/aromatic N) is 1. The van der Waals surface area contributed by atoms with Crippen LogP contribution in [0.3, 0.4) is 0 Å². The molecule has 1 fully saturated rings. The molecule has 1 aliphatic carbocycles. The van der Waals surface area contributed by atoms with Crippen molar-refractivity contribution in [2.75, 3.05) is 0 Å². The van der Waals surface area contributed by atoms with Crippen molar-refractivity contribution < 1.29 is 0 Å². The maximum absolute atomic E-state index is 8.87. The van der Waals surface area contributed by atoms with Gasteiger partial charge in [-0.3, -0.25) is 0 Å². The van der Waals surface area contributed by atoms with Crippen LogP contribution in [-0.2, 0) is 0 Å². The van der Waals surface area contributed by atoms with Crippen LogP contribution in [0.25, 0.3) is 0 Å². The van der Waals surface area contributed by atoms with E-state index >= 15 is 0 Å². The first-order valence-electron chi connectivity index (χ1n) is 5.47. The minimum Gasteiger partial charge on any atom is -0.193 e. The number of hydrogen-bond donors (Lipinski definition) is 0. The molecular weight excluding hydrogens is 158 g/mol. The van der Waals surface area contributed by atoms with E-state index < -0.39 is 0 Å². The second-order valence-corrected chi connectivity index (χ2v) is 3.95. The Labute approximate surface area is 81.5 Å². The van der Waals surface area contributed by atoms with Crippen molar-refractivity contribution in [3.63, 3.8) is 0 Å². The van der Waals surface area contributed by atoms with Crippen LogP contribution >= 0.6 is 0 Å². The fourth-order valence-corrected chi connectivity index (χ4v) is 2.03. The molecule has 0 aromatic rings. The lowest BCUT2D eigenvalue weighted by Gasteiger charge is -2.18. The quantitative estimate of drug-likeness (QED) is 0.601. The fraction of sp³-hybridized carbons (Fsp3) is 0.750. The van der Waals surface area contributed by atoms with E-state index in [9.17, 15) is 0 Å². The van der Waals surface area contributed by atoms with Gasteiger partial charge in [-0.25, -0.2) is 0 Å². The normalized spacial score (nSPS) is 19.8. The third-order valence-electron chi connectivity index (χ3n) is 2.75. The first-order chi connectivity index (χ1) is 6.36. The molecule has 0 aromatic heterocycles. The van der Waals surface area contributed by atoms with Crippen LogP contribution in [0, 0.1) is 17.2 Å². The lowest BCUT2D eigenvalue weighted by atomic mass is 9.87. The smallest absolute Gasteiger partial charge is 0.0943 e. The molecular formula is C12H19N. The fourth-order valence-electron chi connectivity index (χ4n) is 2.03. The summed E-state index contributed by atoms with van der Waals surface area (Å²) in [6.07, 6.45) is 11.0. The highest BCUT2D eigenvalue weighted by Crippen LogP contribution is 2.26. The topological polar surface area (TPSA) is 23.8 Å². The summed E-state index contributed by atoms with van der Waals surface area (Å²) in [5.41, 5.74) is 1.01. The van der Waals surface area contributed by atoms with E-state index in [-0.39, 0.29) is 0 Å². The van der Waals surface area contributed by atoms with E-state index in [1.165, 1.54) is 32.1 Å². The van der Waals surface area contributed by atoms with E-state index in [0.717, 1.165) is 18.4 Å². The first-order valence-corrected chi connectivity index (χ1v) is 5.47. The largest absolute Gasteiger partial charge is 0.193 e. The zero-order chi connectivity index (χ0) is 9.52. The zero-order valence-corrected chi connectivity index (χ0v) is 8.55. The third-order valence-corrected chi connectivity index (χ3v) is 2.75. The molecule has 0 amide bonds. The summed E-state index contributed by atoms with van der Waals surface area (Å²) < 4.78 is 0. The van der Waals surface area contributed by atoms with Crippen molar-refractivity contribution in [3.8, 4) is 6.07 Å². The Balaban J connectivity index is 2.45. The molecule has 0 atom stereocenters. The van der Waals surface area contributed by atoms with E-state index in [0.29, 0.717) is 5.92 Å². The second-order valence-electron chi connectivity index (χ2n) is 3.95. The molecule has 0 saturated heterocycles. The van der Waals surface area contributed by atoms with Gasteiger partial charge < -0.3 is 0 Å². The molecule has 72 valence electrons. The number of allylic oxidation sites excluding steroid dienone is 2. The van der Waals surface area contributed by atoms with Gasteiger partial charge in [0.1, 0.15) is 0 Å². The summed E-state index contributed by atoms with van der Waals surface area (Å²) in [6, 6.07) is 2.31. The highest BCUT2D eigenvalue weighted by molar-refractivity contribution is 5.21. The summed E-state index contributed by atoms with van der Waals surface area (Å²) in [4.78, 5) is 0.